The van der Waals surface area contributed by atoms with E-state index >= 15 is 0 Å². The molecule has 0 saturated carbocycles. The van der Waals surface area contributed by atoms with Crippen LogP contribution in [0.2, 0.25) is 0 Å². The summed E-state index contributed by atoms with van der Waals surface area (Å²) in [7, 11) is 0. The predicted molar refractivity (Wildman–Crippen MR) is 94.8 cm³/mol. The molecule has 5 N–H and O–H groups in total. The van der Waals surface area contributed by atoms with E-state index in [9.17, 15) is 45.8 Å². The van der Waals surface area contributed by atoms with Crippen LogP contribution in [-0.4, -0.2) is 97.8 Å². The summed E-state index contributed by atoms with van der Waals surface area (Å²) in [5, 5.41) is 71.7. The summed E-state index contributed by atoms with van der Waals surface area (Å²) in [6, 6.07) is 2.54. The molecule has 8 atom stereocenters. The van der Waals surface area contributed by atoms with Gasteiger partial charge in [-0.2, -0.15) is 0 Å². The van der Waals surface area contributed by atoms with Crippen LogP contribution in [0.4, 0.5) is 11.4 Å². The van der Waals surface area contributed by atoms with Crippen molar-refractivity contribution in [3.05, 3.63) is 38.4 Å². The smallest absolute Gasteiger partial charge is 0.311 e. The van der Waals surface area contributed by atoms with E-state index in [0.717, 1.165) is 18.2 Å². The zero-order chi connectivity index (χ0) is 22.9. The molecule has 2 aliphatic rings. The van der Waals surface area contributed by atoms with E-state index in [0.29, 0.717) is 0 Å². The van der Waals surface area contributed by atoms with Crippen LogP contribution in [0.5, 0.6) is 5.75 Å². The molecule has 2 aliphatic heterocycles. The van der Waals surface area contributed by atoms with Gasteiger partial charge in [0, 0.05) is 12.1 Å². The Morgan fingerprint density at radius 1 is 0.871 bits per heavy atom. The summed E-state index contributed by atoms with van der Waals surface area (Å²) in [5.74, 6) is -0.557. The minimum atomic E-state index is -1.81. The summed E-state index contributed by atoms with van der Waals surface area (Å²) in [5.41, 5.74) is -1.13. The number of nitrogens with zero attached hydrogens (tertiary/aromatic N) is 2. The fourth-order valence-corrected chi connectivity index (χ4v) is 3.05. The Morgan fingerprint density at radius 3 is 2.16 bits per heavy atom. The molecule has 0 aliphatic carbocycles. The van der Waals surface area contributed by atoms with Gasteiger partial charge < -0.3 is 44.5 Å². The van der Waals surface area contributed by atoms with Crippen LogP contribution in [0.25, 0.3) is 0 Å². The Labute approximate surface area is 173 Å². The highest BCUT2D eigenvalue weighted by Crippen LogP contribution is 2.33. The number of aliphatic hydroxyl groups excluding tert-OH is 5. The van der Waals surface area contributed by atoms with Crippen molar-refractivity contribution < 1.29 is 54.3 Å². The predicted octanol–water partition coefficient (Wildman–Crippen LogP) is -2.22. The van der Waals surface area contributed by atoms with Crippen LogP contribution in [-0.2, 0) is 14.2 Å². The van der Waals surface area contributed by atoms with Gasteiger partial charge in [0.15, 0.2) is 6.29 Å². The average molecular weight is 448 g/mol. The zero-order valence-corrected chi connectivity index (χ0v) is 15.7. The van der Waals surface area contributed by atoms with Crippen LogP contribution < -0.4 is 4.74 Å². The normalized spacial score (nSPS) is 36.0. The summed E-state index contributed by atoms with van der Waals surface area (Å²) >= 11 is 0. The molecule has 15 heteroatoms. The third kappa shape index (κ3) is 4.89. The van der Waals surface area contributed by atoms with Gasteiger partial charge in [-0.25, -0.2) is 0 Å². The molecule has 31 heavy (non-hydrogen) atoms. The molecule has 3 rings (SSSR count). The number of non-ortho nitro benzene ring substituents is 1. The first kappa shape index (κ1) is 23.2. The first-order valence-electron chi connectivity index (χ1n) is 8.98. The largest absolute Gasteiger partial charge is 0.454 e. The molecule has 1 aromatic rings. The molecule has 0 spiro atoms. The van der Waals surface area contributed by atoms with E-state index in [-0.39, 0.29) is 6.61 Å². The highest BCUT2D eigenvalue weighted by Gasteiger charge is 2.45. The van der Waals surface area contributed by atoms with E-state index in [1.54, 1.807) is 0 Å². The standard InChI is InChI=1S/C16H20N2O13/c19-8-4-28-15(13(22)11(8)20)31-10-5-29-16(14(23)12(10)21)30-9-3-6(17(24)25)1-2-7(9)18(26)27/h1-3,8,10-16,19-23H,4-5H2/t8-,10-,11+,12+,13-,14-,15+,16+/m1/s1. The molecule has 2 fully saturated rings. The number of hydrogen-bond acceptors (Lipinski definition) is 13. The molecule has 0 amide bonds. The van der Waals surface area contributed by atoms with Crippen LogP contribution >= 0.6 is 0 Å². The molecule has 2 heterocycles. The van der Waals surface area contributed by atoms with Crippen LogP contribution in [0, 0.1) is 20.2 Å². The molecule has 15 nitrogen and oxygen atoms in total. The van der Waals surface area contributed by atoms with Crippen molar-refractivity contribution in [3.63, 3.8) is 0 Å². The molecule has 0 bridgehead atoms. The second kappa shape index (κ2) is 9.33. The van der Waals surface area contributed by atoms with E-state index in [4.69, 9.17) is 18.9 Å². The second-order valence-electron chi connectivity index (χ2n) is 6.89. The van der Waals surface area contributed by atoms with Crippen molar-refractivity contribution in [2.45, 2.75) is 49.2 Å². The molecule has 1 aromatic carbocycles. The Hall–Kier alpha value is -2.50. The highest BCUT2D eigenvalue weighted by molar-refractivity contribution is 5.53. The molecule has 0 radical (unpaired) electrons. The van der Waals surface area contributed by atoms with E-state index in [1.807, 2.05) is 0 Å². The van der Waals surface area contributed by atoms with Crippen LogP contribution in [0.1, 0.15) is 0 Å². The summed E-state index contributed by atoms with van der Waals surface area (Å²) in [6.45, 7) is -0.784. The number of rotatable bonds is 6. The van der Waals surface area contributed by atoms with Crippen molar-refractivity contribution in [2.24, 2.45) is 0 Å². The Kier molecular flexibility index (Phi) is 6.97. The Balaban J connectivity index is 1.69. The number of hydrogen-bond donors (Lipinski definition) is 5. The van der Waals surface area contributed by atoms with Crippen molar-refractivity contribution in [1.82, 2.24) is 0 Å². The third-order valence-electron chi connectivity index (χ3n) is 4.79. The minimum absolute atomic E-state index is 0.350. The van der Waals surface area contributed by atoms with Crippen molar-refractivity contribution >= 4 is 11.4 Å². The number of ether oxygens (including phenoxy) is 4. The van der Waals surface area contributed by atoms with Crippen LogP contribution in [0.15, 0.2) is 18.2 Å². The lowest BCUT2D eigenvalue weighted by Crippen LogP contribution is -2.60. The minimum Gasteiger partial charge on any atom is -0.454 e. The first-order valence-corrected chi connectivity index (χ1v) is 8.98. The average Bonchev–Trinajstić information content (AvgIpc) is 2.73. The van der Waals surface area contributed by atoms with Gasteiger partial charge in [-0.15, -0.1) is 0 Å². The quantitative estimate of drug-likeness (QED) is 0.230. The fourth-order valence-electron chi connectivity index (χ4n) is 3.05. The van der Waals surface area contributed by atoms with Crippen LogP contribution in [0.3, 0.4) is 0 Å². The van der Waals surface area contributed by atoms with Crippen molar-refractivity contribution in [3.8, 4) is 5.75 Å². The van der Waals surface area contributed by atoms with Gasteiger partial charge in [-0.05, 0) is 0 Å². The third-order valence-corrected chi connectivity index (χ3v) is 4.79. The highest BCUT2D eigenvalue weighted by atomic mass is 16.7. The Morgan fingerprint density at radius 2 is 1.52 bits per heavy atom. The summed E-state index contributed by atoms with van der Waals surface area (Å²) < 4.78 is 20.8. The number of aliphatic hydroxyl groups is 5. The monoisotopic (exact) mass is 448 g/mol. The van der Waals surface area contributed by atoms with E-state index in [1.165, 1.54) is 0 Å². The lowest BCUT2D eigenvalue weighted by molar-refractivity contribution is -0.390. The Bertz CT molecular complexity index is 823. The summed E-state index contributed by atoms with van der Waals surface area (Å²) in [6.07, 6.45) is -12.4. The van der Waals surface area contributed by atoms with E-state index in [2.05, 4.69) is 0 Å². The maximum absolute atomic E-state index is 11.2. The van der Waals surface area contributed by atoms with Crippen molar-refractivity contribution in [1.29, 1.82) is 0 Å². The van der Waals surface area contributed by atoms with Gasteiger partial charge in [0.05, 0.1) is 29.1 Å². The second-order valence-corrected chi connectivity index (χ2v) is 6.89. The van der Waals surface area contributed by atoms with Gasteiger partial charge in [0.25, 0.3) is 5.69 Å². The van der Waals surface area contributed by atoms with Gasteiger partial charge in [-0.3, -0.25) is 20.2 Å². The van der Waals surface area contributed by atoms with Gasteiger partial charge >= 0.3 is 5.69 Å². The van der Waals surface area contributed by atoms with E-state index < -0.39 is 82.8 Å². The van der Waals surface area contributed by atoms with Gasteiger partial charge in [-0.1, -0.05) is 0 Å². The molecule has 0 aromatic heterocycles. The zero-order valence-electron chi connectivity index (χ0n) is 15.7. The molecule has 172 valence electrons. The van der Waals surface area contributed by atoms with Gasteiger partial charge in [0.1, 0.15) is 36.6 Å². The number of nitro benzene ring substituents is 2. The molecular formula is C16H20N2O13. The lowest BCUT2D eigenvalue weighted by Gasteiger charge is -2.41. The fraction of sp³-hybridized carbons (Fsp3) is 0.625. The van der Waals surface area contributed by atoms with Gasteiger partial charge in [0.2, 0.25) is 12.0 Å². The topological polar surface area (TPSA) is 224 Å². The number of benzene rings is 1. The molecular weight excluding hydrogens is 428 g/mol. The molecule has 0 unspecified atom stereocenters. The maximum atomic E-state index is 11.2. The summed E-state index contributed by atoms with van der Waals surface area (Å²) in [4.78, 5) is 20.4. The number of nitro groups is 2. The SMILES string of the molecule is O=[N+]([O-])c1ccc([N+](=O)[O-])c(O[C@@H]2OC[C@@H](O[C@@H]3OC[C@@H](O)[C@H](O)[C@H]3O)[C@H](O)[C@H]2O)c1. The lowest BCUT2D eigenvalue weighted by atomic mass is 10.0. The molecule has 2 saturated heterocycles. The van der Waals surface area contributed by atoms with Crippen molar-refractivity contribution in [2.75, 3.05) is 13.2 Å². The maximum Gasteiger partial charge on any atom is 0.311 e. The first-order chi connectivity index (χ1) is 14.6.